The van der Waals surface area contributed by atoms with E-state index >= 15 is 0 Å². The SMILES string of the molecule is CC(C)(C)N(C(=O)O)c1ccc(Oc2cncc(Oc3ccc(N(C(=O)O)C(C)(C)C)cc3)c2C=O)cc1. The predicted octanol–water partition coefficient (Wildman–Crippen LogP) is 7.04. The van der Waals surface area contributed by atoms with Gasteiger partial charge in [-0.2, -0.15) is 0 Å². The molecule has 0 spiro atoms. The molecule has 3 aromatic rings. The van der Waals surface area contributed by atoms with E-state index in [2.05, 4.69) is 4.98 Å². The Morgan fingerprint density at radius 2 is 1.05 bits per heavy atom. The second-order valence-corrected chi connectivity index (χ2v) is 10.4. The highest BCUT2D eigenvalue weighted by molar-refractivity contribution is 5.88. The van der Waals surface area contributed by atoms with Crippen LogP contribution in [-0.2, 0) is 0 Å². The topological polar surface area (TPSA) is 130 Å². The molecule has 0 aliphatic heterocycles. The lowest BCUT2D eigenvalue weighted by Crippen LogP contribution is -2.45. The molecule has 0 saturated heterocycles. The first kappa shape index (κ1) is 28.0. The van der Waals surface area contributed by atoms with E-state index in [1.165, 1.54) is 22.2 Å². The molecule has 0 unspecified atom stereocenters. The zero-order valence-electron chi connectivity index (χ0n) is 22.1. The molecule has 0 radical (unpaired) electrons. The summed E-state index contributed by atoms with van der Waals surface area (Å²) in [6.45, 7) is 10.7. The van der Waals surface area contributed by atoms with Gasteiger partial charge in [-0.1, -0.05) is 0 Å². The molecule has 1 aromatic heterocycles. The number of benzene rings is 2. The average Bonchev–Trinajstić information content (AvgIpc) is 2.79. The molecule has 10 nitrogen and oxygen atoms in total. The molecule has 0 aliphatic rings. The molecule has 2 N–H and O–H groups in total. The number of amides is 2. The third-order valence-electron chi connectivity index (χ3n) is 5.40. The summed E-state index contributed by atoms with van der Waals surface area (Å²) in [5.41, 5.74) is -0.229. The minimum absolute atomic E-state index is 0.122. The van der Waals surface area contributed by atoms with Gasteiger partial charge in [0.2, 0.25) is 0 Å². The molecule has 200 valence electrons. The number of aromatic nitrogens is 1. The Kier molecular flexibility index (Phi) is 7.95. The summed E-state index contributed by atoms with van der Waals surface area (Å²) < 4.78 is 11.7. The number of ether oxygens (including phenoxy) is 2. The van der Waals surface area contributed by atoms with Gasteiger partial charge < -0.3 is 19.7 Å². The van der Waals surface area contributed by atoms with Crippen LogP contribution in [0.15, 0.2) is 60.9 Å². The Morgan fingerprint density at radius 1 is 0.711 bits per heavy atom. The van der Waals surface area contributed by atoms with Crippen molar-refractivity contribution in [3.63, 3.8) is 0 Å². The van der Waals surface area contributed by atoms with Crippen LogP contribution in [0.2, 0.25) is 0 Å². The molecular weight excluding hydrogens is 490 g/mol. The highest BCUT2D eigenvalue weighted by Crippen LogP contribution is 2.35. The van der Waals surface area contributed by atoms with E-state index in [0.717, 1.165) is 0 Å². The van der Waals surface area contributed by atoms with Gasteiger partial charge >= 0.3 is 12.2 Å². The lowest BCUT2D eigenvalue weighted by atomic mass is 10.1. The van der Waals surface area contributed by atoms with Gasteiger partial charge in [-0.05, 0) is 90.1 Å². The molecule has 1 heterocycles. The van der Waals surface area contributed by atoms with Gasteiger partial charge in [-0.15, -0.1) is 0 Å². The molecule has 0 aliphatic carbocycles. The normalized spacial score (nSPS) is 11.4. The van der Waals surface area contributed by atoms with Crippen molar-refractivity contribution in [1.82, 2.24) is 4.98 Å². The Hall–Kier alpha value is -4.60. The molecule has 0 bridgehead atoms. The van der Waals surface area contributed by atoms with Crippen molar-refractivity contribution in [2.45, 2.75) is 52.6 Å². The van der Waals surface area contributed by atoms with Gasteiger partial charge in [0.15, 0.2) is 17.8 Å². The smallest absolute Gasteiger partial charge is 0.412 e. The van der Waals surface area contributed by atoms with Crippen LogP contribution in [0, 0.1) is 0 Å². The first-order valence-corrected chi connectivity index (χ1v) is 11.8. The summed E-state index contributed by atoms with van der Waals surface area (Å²) in [5, 5.41) is 19.2. The molecule has 0 saturated carbocycles. The van der Waals surface area contributed by atoms with Gasteiger partial charge in [0.25, 0.3) is 0 Å². The van der Waals surface area contributed by atoms with E-state index in [0.29, 0.717) is 29.2 Å². The van der Waals surface area contributed by atoms with E-state index in [1.807, 2.05) is 0 Å². The molecule has 2 aromatic carbocycles. The number of nitrogens with zero attached hydrogens (tertiary/aromatic N) is 3. The van der Waals surface area contributed by atoms with Crippen LogP contribution < -0.4 is 19.3 Å². The zero-order chi connectivity index (χ0) is 28.3. The van der Waals surface area contributed by atoms with E-state index in [4.69, 9.17) is 9.47 Å². The zero-order valence-corrected chi connectivity index (χ0v) is 22.1. The van der Waals surface area contributed by atoms with E-state index in [-0.39, 0.29) is 17.1 Å². The number of anilines is 2. The van der Waals surface area contributed by atoms with Gasteiger partial charge in [-0.3, -0.25) is 19.6 Å². The van der Waals surface area contributed by atoms with Crippen LogP contribution in [-0.4, -0.2) is 44.7 Å². The summed E-state index contributed by atoms with van der Waals surface area (Å²) in [6.07, 6.45) is 1.18. The fourth-order valence-electron chi connectivity index (χ4n) is 3.86. The van der Waals surface area contributed by atoms with Crippen LogP contribution in [0.4, 0.5) is 21.0 Å². The summed E-state index contributed by atoms with van der Waals surface area (Å²) in [4.78, 5) is 42.0. The highest BCUT2D eigenvalue weighted by Gasteiger charge is 2.29. The number of carboxylic acid groups (broad SMARTS) is 2. The monoisotopic (exact) mass is 521 g/mol. The molecule has 2 amide bonds. The van der Waals surface area contributed by atoms with Crippen LogP contribution in [0.5, 0.6) is 23.0 Å². The minimum atomic E-state index is -1.08. The molecule has 0 fully saturated rings. The number of pyridine rings is 1. The minimum Gasteiger partial charge on any atom is -0.465 e. The molecule has 10 heteroatoms. The summed E-state index contributed by atoms with van der Waals surface area (Å²) in [5.74, 6) is 1.04. The number of aldehydes is 1. The Labute approximate surface area is 221 Å². The van der Waals surface area contributed by atoms with E-state index in [1.54, 1.807) is 90.1 Å². The Bertz CT molecular complexity index is 1210. The molecule has 0 atom stereocenters. The van der Waals surface area contributed by atoms with Crippen LogP contribution >= 0.6 is 0 Å². The standard InChI is InChI=1S/C28H31N3O7/c1-27(2,3)30(25(33)34)18-7-11-20(12-8-18)37-23-15-29-16-24(22(23)17-32)38-21-13-9-19(10-14-21)31(26(35)36)28(4,5)6/h7-17H,1-6H3,(H,33,34)(H,35,36). The number of carbonyl (C=O) groups excluding carboxylic acids is 1. The number of rotatable bonds is 7. The average molecular weight is 522 g/mol. The second kappa shape index (κ2) is 10.8. The third-order valence-corrected chi connectivity index (χ3v) is 5.40. The maximum atomic E-state index is 12.0. The van der Waals surface area contributed by atoms with Gasteiger partial charge in [-0.25, -0.2) is 9.59 Å². The predicted molar refractivity (Wildman–Crippen MR) is 143 cm³/mol. The fraction of sp³-hybridized carbons (Fsp3) is 0.286. The van der Waals surface area contributed by atoms with Crippen molar-refractivity contribution >= 4 is 29.8 Å². The maximum Gasteiger partial charge on any atom is 0.412 e. The summed E-state index contributed by atoms with van der Waals surface area (Å²) >= 11 is 0. The lowest BCUT2D eigenvalue weighted by molar-refractivity contribution is 0.111. The van der Waals surface area contributed by atoms with Crippen LogP contribution in [0.1, 0.15) is 51.9 Å². The summed E-state index contributed by atoms with van der Waals surface area (Å²) in [7, 11) is 0. The first-order chi connectivity index (χ1) is 17.7. The van der Waals surface area contributed by atoms with Crippen molar-refractivity contribution in [1.29, 1.82) is 0 Å². The van der Waals surface area contributed by atoms with Crippen molar-refractivity contribution in [2.24, 2.45) is 0 Å². The molecule has 38 heavy (non-hydrogen) atoms. The highest BCUT2D eigenvalue weighted by atomic mass is 16.5. The number of hydrogen-bond acceptors (Lipinski definition) is 6. The first-order valence-electron chi connectivity index (χ1n) is 11.8. The molecular formula is C28H31N3O7. The third kappa shape index (κ3) is 6.39. The molecule has 3 rings (SSSR count). The van der Waals surface area contributed by atoms with Crippen molar-refractivity contribution in [2.75, 3.05) is 9.80 Å². The fourth-order valence-corrected chi connectivity index (χ4v) is 3.86. The quantitative estimate of drug-likeness (QED) is 0.317. The van der Waals surface area contributed by atoms with Crippen molar-refractivity contribution in [3.05, 3.63) is 66.5 Å². The van der Waals surface area contributed by atoms with E-state index in [9.17, 15) is 24.6 Å². The van der Waals surface area contributed by atoms with Gasteiger partial charge in [0.05, 0.1) is 12.4 Å². The summed E-state index contributed by atoms with van der Waals surface area (Å²) in [6, 6.07) is 12.8. The van der Waals surface area contributed by atoms with Crippen LogP contribution in [0.25, 0.3) is 0 Å². The largest absolute Gasteiger partial charge is 0.465 e. The van der Waals surface area contributed by atoms with Gasteiger partial charge in [0.1, 0.15) is 17.1 Å². The van der Waals surface area contributed by atoms with E-state index < -0.39 is 23.3 Å². The number of carbonyl (C=O) groups is 3. The van der Waals surface area contributed by atoms with Crippen molar-refractivity contribution in [3.8, 4) is 23.0 Å². The Morgan fingerprint density at radius 3 is 1.32 bits per heavy atom. The Balaban J connectivity index is 1.83. The van der Waals surface area contributed by atoms with Crippen LogP contribution in [0.3, 0.4) is 0 Å². The number of hydrogen-bond donors (Lipinski definition) is 2. The van der Waals surface area contributed by atoms with Crippen molar-refractivity contribution < 1.29 is 34.1 Å². The van der Waals surface area contributed by atoms with Gasteiger partial charge in [0, 0.05) is 22.5 Å². The second-order valence-electron chi connectivity index (χ2n) is 10.4. The maximum absolute atomic E-state index is 12.0. The lowest BCUT2D eigenvalue weighted by Gasteiger charge is -2.33.